The zero-order valence-corrected chi connectivity index (χ0v) is 11.9. The Morgan fingerprint density at radius 2 is 2.18 bits per heavy atom. The first kappa shape index (κ1) is 14.0. The number of anilines is 1. The van der Waals surface area contributed by atoms with E-state index in [9.17, 15) is 4.79 Å². The fourth-order valence-corrected chi connectivity index (χ4v) is 1.59. The van der Waals surface area contributed by atoms with Crippen molar-refractivity contribution in [3.8, 4) is 0 Å². The Morgan fingerprint density at radius 3 is 2.76 bits per heavy atom. The van der Waals surface area contributed by atoms with Crippen molar-refractivity contribution in [1.29, 1.82) is 0 Å². The maximum Gasteiger partial charge on any atom is 0.242 e. The quantitative estimate of drug-likeness (QED) is 0.878. The van der Waals surface area contributed by atoms with E-state index in [-0.39, 0.29) is 11.9 Å². The molecule has 0 radical (unpaired) electrons. The van der Waals surface area contributed by atoms with E-state index in [0.29, 0.717) is 18.3 Å². The van der Waals surface area contributed by atoms with Gasteiger partial charge in [0.15, 0.2) is 0 Å². The van der Waals surface area contributed by atoms with E-state index in [2.05, 4.69) is 45.4 Å². The van der Waals surface area contributed by atoms with E-state index in [1.165, 1.54) is 0 Å². The van der Waals surface area contributed by atoms with E-state index in [1.807, 2.05) is 19.1 Å². The lowest BCUT2D eigenvalue weighted by atomic mass is 10.2. The molecule has 1 aromatic rings. The fraction of sp³-hybridized carbons (Fsp3) is 0.500. The van der Waals surface area contributed by atoms with Crippen molar-refractivity contribution in [3.63, 3.8) is 0 Å². The van der Waals surface area contributed by atoms with Gasteiger partial charge in [0, 0.05) is 12.7 Å². The van der Waals surface area contributed by atoms with E-state index in [1.54, 1.807) is 6.20 Å². The van der Waals surface area contributed by atoms with Gasteiger partial charge in [-0.05, 0) is 40.9 Å². The van der Waals surface area contributed by atoms with Crippen LogP contribution in [0.15, 0.2) is 22.8 Å². The van der Waals surface area contributed by atoms with Crippen molar-refractivity contribution in [3.05, 3.63) is 22.8 Å². The summed E-state index contributed by atoms with van der Waals surface area (Å²) in [6.07, 6.45) is 1.69. The number of carbonyl (C=O) groups is 1. The number of hydrogen-bond donors (Lipinski definition) is 2. The van der Waals surface area contributed by atoms with Crippen LogP contribution in [-0.4, -0.2) is 23.5 Å². The van der Waals surface area contributed by atoms with Crippen LogP contribution in [-0.2, 0) is 4.79 Å². The Kier molecular flexibility index (Phi) is 5.41. The van der Waals surface area contributed by atoms with Gasteiger partial charge in [0.25, 0.3) is 0 Å². The fourth-order valence-electron chi connectivity index (χ4n) is 1.22. The summed E-state index contributed by atoms with van der Waals surface area (Å²) in [7, 11) is 0. The highest BCUT2D eigenvalue weighted by molar-refractivity contribution is 9.10. The van der Waals surface area contributed by atoms with Gasteiger partial charge in [-0.15, -0.1) is 0 Å². The molecule has 0 aliphatic rings. The molecule has 0 fully saturated rings. The third kappa shape index (κ3) is 4.73. The molecular weight excluding hydrogens is 282 g/mol. The summed E-state index contributed by atoms with van der Waals surface area (Å²) in [5, 5.41) is 5.94. The molecule has 1 amide bonds. The van der Waals surface area contributed by atoms with Crippen LogP contribution in [0.3, 0.4) is 0 Å². The highest BCUT2D eigenvalue weighted by Gasteiger charge is 2.14. The highest BCUT2D eigenvalue weighted by atomic mass is 79.9. The monoisotopic (exact) mass is 299 g/mol. The van der Waals surface area contributed by atoms with Crippen molar-refractivity contribution in [2.45, 2.75) is 26.8 Å². The Bertz CT molecular complexity index is 382. The molecule has 0 aliphatic carbocycles. The van der Waals surface area contributed by atoms with Gasteiger partial charge in [-0.1, -0.05) is 13.8 Å². The maximum absolute atomic E-state index is 11.7. The molecule has 0 aromatic carbocycles. The summed E-state index contributed by atoms with van der Waals surface area (Å²) in [5.41, 5.74) is 0. The first-order valence-electron chi connectivity index (χ1n) is 5.65. The molecule has 5 heteroatoms. The van der Waals surface area contributed by atoms with Gasteiger partial charge in [-0.2, -0.15) is 0 Å². The topological polar surface area (TPSA) is 54.0 Å². The molecule has 0 aliphatic heterocycles. The summed E-state index contributed by atoms with van der Waals surface area (Å²) in [5.74, 6) is 1.11. The zero-order valence-electron chi connectivity index (χ0n) is 10.3. The average molecular weight is 300 g/mol. The minimum atomic E-state index is -0.306. The molecule has 0 saturated heterocycles. The summed E-state index contributed by atoms with van der Waals surface area (Å²) < 4.78 is 0.850. The number of carbonyl (C=O) groups excluding carboxylic acids is 1. The van der Waals surface area contributed by atoms with E-state index >= 15 is 0 Å². The lowest BCUT2D eigenvalue weighted by molar-refractivity contribution is -0.121. The number of hydrogen-bond acceptors (Lipinski definition) is 3. The smallest absolute Gasteiger partial charge is 0.242 e. The average Bonchev–Trinajstić information content (AvgIpc) is 2.28. The van der Waals surface area contributed by atoms with Crippen LogP contribution in [0, 0.1) is 5.92 Å². The second-order valence-corrected chi connectivity index (χ2v) is 5.19. The molecule has 0 spiro atoms. The maximum atomic E-state index is 11.7. The van der Waals surface area contributed by atoms with Gasteiger partial charge >= 0.3 is 0 Å². The summed E-state index contributed by atoms with van der Waals surface area (Å²) in [6, 6.07) is 3.41. The van der Waals surface area contributed by atoms with Gasteiger partial charge < -0.3 is 10.6 Å². The minimum absolute atomic E-state index is 0.0174. The first-order chi connectivity index (χ1) is 8.00. The molecule has 0 bridgehead atoms. The second-order valence-electron chi connectivity index (χ2n) is 4.34. The van der Waals surface area contributed by atoms with Gasteiger partial charge in [0.2, 0.25) is 5.91 Å². The van der Waals surface area contributed by atoms with Crippen LogP contribution < -0.4 is 10.6 Å². The Morgan fingerprint density at radius 1 is 1.47 bits per heavy atom. The predicted molar refractivity (Wildman–Crippen MR) is 72.9 cm³/mol. The number of amides is 1. The second kappa shape index (κ2) is 6.59. The number of pyridine rings is 1. The van der Waals surface area contributed by atoms with Gasteiger partial charge in [0.1, 0.15) is 11.9 Å². The Balaban J connectivity index is 2.51. The third-order valence-electron chi connectivity index (χ3n) is 2.19. The van der Waals surface area contributed by atoms with Crippen LogP contribution in [0.5, 0.6) is 0 Å². The molecular formula is C12H18BrN3O. The molecule has 1 rings (SSSR count). The van der Waals surface area contributed by atoms with Crippen LogP contribution in [0.1, 0.15) is 20.8 Å². The van der Waals surface area contributed by atoms with Crippen LogP contribution in [0.2, 0.25) is 0 Å². The molecule has 4 nitrogen and oxygen atoms in total. The van der Waals surface area contributed by atoms with E-state index in [0.717, 1.165) is 4.47 Å². The van der Waals surface area contributed by atoms with E-state index in [4.69, 9.17) is 0 Å². The number of nitrogens with zero attached hydrogens (tertiary/aromatic N) is 1. The number of nitrogens with one attached hydrogen (secondary N) is 2. The number of aromatic nitrogens is 1. The molecule has 1 heterocycles. The zero-order chi connectivity index (χ0) is 12.8. The normalized spacial score (nSPS) is 12.3. The SMILES string of the molecule is CC(C)CNC(=O)C(C)Nc1ncccc1Br. The van der Waals surface area contributed by atoms with Crippen LogP contribution in [0.25, 0.3) is 0 Å². The lowest BCUT2D eigenvalue weighted by Crippen LogP contribution is -2.39. The molecule has 1 aromatic heterocycles. The summed E-state index contributed by atoms with van der Waals surface area (Å²) in [4.78, 5) is 15.9. The Labute approximate surface area is 110 Å². The van der Waals surface area contributed by atoms with Crippen molar-refractivity contribution in [2.75, 3.05) is 11.9 Å². The molecule has 1 unspecified atom stereocenters. The predicted octanol–water partition coefficient (Wildman–Crippen LogP) is 2.42. The minimum Gasteiger partial charge on any atom is -0.358 e. The summed E-state index contributed by atoms with van der Waals surface area (Å²) in [6.45, 7) is 6.63. The van der Waals surface area contributed by atoms with Gasteiger partial charge in [-0.25, -0.2) is 4.98 Å². The van der Waals surface area contributed by atoms with Gasteiger partial charge in [0.05, 0.1) is 4.47 Å². The largest absolute Gasteiger partial charge is 0.358 e. The van der Waals surface area contributed by atoms with E-state index < -0.39 is 0 Å². The lowest BCUT2D eigenvalue weighted by Gasteiger charge is -2.16. The molecule has 0 saturated carbocycles. The third-order valence-corrected chi connectivity index (χ3v) is 2.83. The Hall–Kier alpha value is -1.10. The first-order valence-corrected chi connectivity index (χ1v) is 6.44. The molecule has 17 heavy (non-hydrogen) atoms. The van der Waals surface area contributed by atoms with Crippen LogP contribution >= 0.6 is 15.9 Å². The van der Waals surface area contributed by atoms with Gasteiger partial charge in [-0.3, -0.25) is 4.79 Å². The van der Waals surface area contributed by atoms with Crippen molar-refractivity contribution in [1.82, 2.24) is 10.3 Å². The van der Waals surface area contributed by atoms with Crippen molar-refractivity contribution in [2.24, 2.45) is 5.92 Å². The van der Waals surface area contributed by atoms with Crippen molar-refractivity contribution < 1.29 is 4.79 Å². The van der Waals surface area contributed by atoms with Crippen molar-refractivity contribution >= 4 is 27.7 Å². The summed E-state index contributed by atoms with van der Waals surface area (Å²) >= 11 is 3.38. The molecule has 1 atom stereocenters. The molecule has 2 N–H and O–H groups in total. The molecule has 94 valence electrons. The standard InChI is InChI=1S/C12H18BrN3O/c1-8(2)7-15-12(17)9(3)16-11-10(13)5-4-6-14-11/h4-6,8-9H,7H2,1-3H3,(H,14,16)(H,15,17). The van der Waals surface area contributed by atoms with Crippen LogP contribution in [0.4, 0.5) is 5.82 Å². The number of rotatable bonds is 5. The number of halogens is 1. The highest BCUT2D eigenvalue weighted by Crippen LogP contribution is 2.18.